The van der Waals surface area contributed by atoms with Crippen LogP contribution in [0.2, 0.25) is 5.02 Å². The summed E-state index contributed by atoms with van der Waals surface area (Å²) in [4.78, 5) is 8.55. The van der Waals surface area contributed by atoms with Crippen LogP contribution in [-0.2, 0) is 6.54 Å². The first kappa shape index (κ1) is 14.0. The Bertz CT molecular complexity index is 569. The monoisotopic (exact) mass is 278 g/mol. The molecule has 0 saturated carbocycles. The first-order valence-electron chi connectivity index (χ1n) is 6.26. The number of nitrogens with zero attached hydrogens (tertiary/aromatic N) is 3. The molecule has 2 aromatic heterocycles. The van der Waals surface area contributed by atoms with Crippen LogP contribution in [0.4, 0.5) is 0 Å². The van der Waals surface area contributed by atoms with Gasteiger partial charge in [0, 0.05) is 30.7 Å². The van der Waals surface area contributed by atoms with Gasteiger partial charge in [-0.15, -0.1) is 0 Å². The van der Waals surface area contributed by atoms with Crippen molar-refractivity contribution in [3.05, 3.63) is 41.1 Å². The molecule has 0 spiro atoms. The number of nitrogens with one attached hydrogen (secondary N) is 1. The first-order valence-corrected chi connectivity index (χ1v) is 6.64. The lowest BCUT2D eigenvalue weighted by atomic mass is 10.1. The average molecular weight is 279 g/mol. The number of pyridine rings is 1. The molecule has 102 valence electrons. The highest BCUT2D eigenvalue weighted by molar-refractivity contribution is 6.31. The van der Waals surface area contributed by atoms with Gasteiger partial charge < -0.3 is 5.32 Å². The molecular formula is C14H19ClN4. The second-order valence-electron chi connectivity index (χ2n) is 5.58. The third-order valence-electron chi connectivity index (χ3n) is 2.80. The van der Waals surface area contributed by atoms with Crippen molar-refractivity contribution < 1.29 is 0 Å². The Kier molecular flexibility index (Phi) is 3.92. The van der Waals surface area contributed by atoms with Gasteiger partial charge in [-0.05, 0) is 39.3 Å². The summed E-state index contributed by atoms with van der Waals surface area (Å²) >= 11 is 6.20. The molecule has 4 nitrogen and oxygen atoms in total. The van der Waals surface area contributed by atoms with Crippen LogP contribution in [0.5, 0.6) is 0 Å². The third-order valence-corrected chi connectivity index (χ3v) is 3.14. The van der Waals surface area contributed by atoms with E-state index >= 15 is 0 Å². The summed E-state index contributed by atoms with van der Waals surface area (Å²) < 4.78 is 1.94. The van der Waals surface area contributed by atoms with Crippen molar-refractivity contribution in [2.24, 2.45) is 0 Å². The van der Waals surface area contributed by atoms with Crippen LogP contribution in [0, 0.1) is 6.92 Å². The Morgan fingerprint density at radius 2 is 2.05 bits per heavy atom. The summed E-state index contributed by atoms with van der Waals surface area (Å²) in [6.07, 6.45) is 5.35. The second kappa shape index (κ2) is 5.31. The van der Waals surface area contributed by atoms with Crippen molar-refractivity contribution in [2.75, 3.05) is 0 Å². The summed E-state index contributed by atoms with van der Waals surface area (Å²) in [6.45, 7) is 9.05. The van der Waals surface area contributed by atoms with E-state index in [1.54, 1.807) is 12.4 Å². The molecule has 0 aromatic carbocycles. The maximum absolute atomic E-state index is 6.20. The molecule has 0 aliphatic carbocycles. The van der Waals surface area contributed by atoms with Crippen molar-refractivity contribution in [3.8, 4) is 5.82 Å². The highest BCUT2D eigenvalue weighted by Gasteiger charge is 2.11. The van der Waals surface area contributed by atoms with Crippen LogP contribution in [0.25, 0.3) is 5.82 Å². The Labute approximate surface area is 118 Å². The average Bonchev–Trinajstić information content (AvgIpc) is 2.73. The van der Waals surface area contributed by atoms with Gasteiger partial charge in [0.15, 0.2) is 0 Å². The molecule has 0 amide bonds. The molecule has 0 saturated heterocycles. The largest absolute Gasteiger partial charge is 0.308 e. The number of hydrogen-bond acceptors (Lipinski definition) is 3. The van der Waals surface area contributed by atoms with Crippen molar-refractivity contribution in [1.82, 2.24) is 19.9 Å². The zero-order chi connectivity index (χ0) is 14.0. The zero-order valence-corrected chi connectivity index (χ0v) is 12.5. The molecule has 5 heteroatoms. The Morgan fingerprint density at radius 3 is 2.63 bits per heavy atom. The molecule has 2 aromatic rings. The van der Waals surface area contributed by atoms with E-state index in [2.05, 4.69) is 36.1 Å². The van der Waals surface area contributed by atoms with Gasteiger partial charge in [-0.1, -0.05) is 11.6 Å². The lowest BCUT2D eigenvalue weighted by Gasteiger charge is -2.21. The Morgan fingerprint density at radius 1 is 1.32 bits per heavy atom. The summed E-state index contributed by atoms with van der Waals surface area (Å²) in [5.41, 5.74) is 1.09. The maximum Gasteiger partial charge on any atom is 0.138 e. The molecule has 0 radical (unpaired) electrons. The molecule has 19 heavy (non-hydrogen) atoms. The van der Waals surface area contributed by atoms with E-state index in [0.717, 1.165) is 17.2 Å². The van der Waals surface area contributed by atoms with Crippen molar-refractivity contribution in [1.29, 1.82) is 0 Å². The summed E-state index contributed by atoms with van der Waals surface area (Å²) in [6, 6.07) is 2.00. The molecular weight excluding hydrogens is 260 g/mol. The van der Waals surface area contributed by atoms with Crippen LogP contribution in [0.1, 0.15) is 32.2 Å². The van der Waals surface area contributed by atoms with E-state index in [4.69, 9.17) is 11.6 Å². The van der Waals surface area contributed by atoms with Gasteiger partial charge in [0.2, 0.25) is 0 Å². The number of hydrogen-bond donors (Lipinski definition) is 1. The smallest absolute Gasteiger partial charge is 0.138 e. The number of aryl methyl sites for hydroxylation is 1. The van der Waals surface area contributed by atoms with Crippen LogP contribution < -0.4 is 5.32 Å². The molecule has 0 atom stereocenters. The lowest BCUT2D eigenvalue weighted by molar-refractivity contribution is 0.424. The number of imidazole rings is 1. The molecule has 0 fully saturated rings. The van der Waals surface area contributed by atoms with E-state index in [9.17, 15) is 0 Å². The normalized spacial score (nSPS) is 11.8. The molecule has 2 rings (SSSR count). The van der Waals surface area contributed by atoms with Crippen molar-refractivity contribution >= 4 is 11.6 Å². The Hall–Kier alpha value is -1.39. The van der Waals surface area contributed by atoms with E-state index in [1.807, 2.05) is 23.8 Å². The van der Waals surface area contributed by atoms with Gasteiger partial charge >= 0.3 is 0 Å². The SMILES string of the molecule is Cc1nccn1-c1cc(CNC(C)(C)C)c(Cl)cn1. The second-order valence-corrected chi connectivity index (χ2v) is 5.99. The number of halogens is 1. The Balaban J connectivity index is 2.28. The van der Waals surface area contributed by atoms with Gasteiger partial charge in [-0.3, -0.25) is 4.57 Å². The highest BCUT2D eigenvalue weighted by Crippen LogP contribution is 2.19. The standard InChI is InChI=1S/C14H19ClN4/c1-10-16-5-6-19(10)13-7-11(12(15)9-17-13)8-18-14(2,3)4/h5-7,9,18H,8H2,1-4H3. The molecule has 0 aliphatic rings. The van der Waals surface area contributed by atoms with Crippen LogP contribution in [-0.4, -0.2) is 20.1 Å². The number of aromatic nitrogens is 3. The highest BCUT2D eigenvalue weighted by atomic mass is 35.5. The number of rotatable bonds is 3. The molecule has 0 bridgehead atoms. The van der Waals surface area contributed by atoms with Gasteiger partial charge in [-0.25, -0.2) is 9.97 Å². The van der Waals surface area contributed by atoms with Gasteiger partial charge in [0.05, 0.1) is 5.02 Å². The fourth-order valence-corrected chi connectivity index (χ4v) is 1.89. The zero-order valence-electron chi connectivity index (χ0n) is 11.7. The van der Waals surface area contributed by atoms with E-state index in [-0.39, 0.29) is 5.54 Å². The molecule has 1 N–H and O–H groups in total. The minimum atomic E-state index is 0.0533. The predicted molar refractivity (Wildman–Crippen MR) is 77.7 cm³/mol. The topological polar surface area (TPSA) is 42.7 Å². The maximum atomic E-state index is 6.20. The third kappa shape index (κ3) is 3.55. The summed E-state index contributed by atoms with van der Waals surface area (Å²) in [5.74, 6) is 1.75. The summed E-state index contributed by atoms with van der Waals surface area (Å²) in [5, 5.41) is 4.11. The van der Waals surface area contributed by atoms with Crippen LogP contribution in [0.3, 0.4) is 0 Å². The van der Waals surface area contributed by atoms with Crippen molar-refractivity contribution in [2.45, 2.75) is 39.8 Å². The minimum absolute atomic E-state index is 0.0533. The van der Waals surface area contributed by atoms with Gasteiger partial charge in [0.25, 0.3) is 0 Å². The fourth-order valence-electron chi connectivity index (χ4n) is 1.72. The summed E-state index contributed by atoms with van der Waals surface area (Å²) in [7, 11) is 0. The lowest BCUT2D eigenvalue weighted by Crippen LogP contribution is -2.35. The fraction of sp³-hybridized carbons (Fsp3) is 0.429. The first-order chi connectivity index (χ1) is 8.87. The van der Waals surface area contributed by atoms with Crippen molar-refractivity contribution in [3.63, 3.8) is 0 Å². The molecule has 2 heterocycles. The minimum Gasteiger partial charge on any atom is -0.308 e. The van der Waals surface area contributed by atoms with Gasteiger partial charge in [0.1, 0.15) is 11.6 Å². The van der Waals surface area contributed by atoms with E-state index in [0.29, 0.717) is 11.6 Å². The van der Waals surface area contributed by atoms with E-state index < -0.39 is 0 Å². The van der Waals surface area contributed by atoms with Crippen LogP contribution >= 0.6 is 11.6 Å². The molecule has 0 unspecified atom stereocenters. The van der Waals surface area contributed by atoms with Gasteiger partial charge in [-0.2, -0.15) is 0 Å². The van der Waals surface area contributed by atoms with Crippen LogP contribution in [0.15, 0.2) is 24.7 Å². The van der Waals surface area contributed by atoms with E-state index in [1.165, 1.54) is 0 Å². The molecule has 0 aliphatic heterocycles. The predicted octanol–water partition coefficient (Wildman–Crippen LogP) is 3.12. The quantitative estimate of drug-likeness (QED) is 0.938.